The highest BCUT2D eigenvalue weighted by atomic mass is 79.9. The van der Waals surface area contributed by atoms with E-state index in [-0.39, 0.29) is 46.5 Å². The monoisotopic (exact) mass is 383 g/mol. The molecule has 2 bridgehead atoms. The standard InChI is InChI=1S/C16H15BrClNO3/c1-6-9(18)3-2-4-10(6)19-15(20)11-7-5-8-12(11)16(21)22-14(8)13(7)17/h2-4,7-8,11-14H,5H2,1H3,(H,19,20)/t7-,8+,11-,12-,13+,14-/m0/s1. The molecule has 6 heteroatoms. The summed E-state index contributed by atoms with van der Waals surface area (Å²) in [7, 11) is 0. The maximum Gasteiger partial charge on any atom is 0.310 e. The number of rotatable bonds is 2. The molecule has 1 aliphatic heterocycles. The van der Waals surface area contributed by atoms with E-state index in [9.17, 15) is 9.59 Å². The average molecular weight is 385 g/mol. The van der Waals surface area contributed by atoms with Gasteiger partial charge in [0.05, 0.1) is 16.7 Å². The first kappa shape index (κ1) is 14.5. The van der Waals surface area contributed by atoms with Crippen LogP contribution in [0.15, 0.2) is 18.2 Å². The molecule has 1 amide bonds. The number of amides is 1. The van der Waals surface area contributed by atoms with Gasteiger partial charge in [0.2, 0.25) is 5.91 Å². The van der Waals surface area contributed by atoms with Crippen molar-refractivity contribution in [1.29, 1.82) is 0 Å². The van der Waals surface area contributed by atoms with Crippen molar-refractivity contribution < 1.29 is 14.3 Å². The van der Waals surface area contributed by atoms with Crippen LogP contribution in [0.1, 0.15) is 12.0 Å². The van der Waals surface area contributed by atoms with E-state index in [0.717, 1.165) is 12.0 Å². The topological polar surface area (TPSA) is 55.4 Å². The first-order chi connectivity index (χ1) is 10.5. The first-order valence-corrected chi connectivity index (χ1v) is 8.69. The number of ether oxygens (including phenoxy) is 1. The second kappa shape index (κ2) is 4.96. The lowest BCUT2D eigenvalue weighted by atomic mass is 9.79. The minimum atomic E-state index is -0.320. The van der Waals surface area contributed by atoms with Crippen LogP contribution in [-0.4, -0.2) is 22.8 Å². The maximum atomic E-state index is 12.8. The minimum absolute atomic E-state index is 0.0561. The molecule has 0 aromatic heterocycles. The molecule has 1 heterocycles. The van der Waals surface area contributed by atoms with Crippen molar-refractivity contribution in [2.45, 2.75) is 24.3 Å². The van der Waals surface area contributed by atoms with Crippen molar-refractivity contribution in [2.24, 2.45) is 23.7 Å². The molecule has 116 valence electrons. The van der Waals surface area contributed by atoms with Gasteiger partial charge >= 0.3 is 5.97 Å². The number of esters is 1. The van der Waals surface area contributed by atoms with Gasteiger partial charge in [-0.1, -0.05) is 33.6 Å². The third kappa shape index (κ3) is 1.88. The van der Waals surface area contributed by atoms with E-state index >= 15 is 0 Å². The van der Waals surface area contributed by atoms with E-state index in [1.165, 1.54) is 0 Å². The number of fused-ring (bicyclic) bond motifs is 1. The number of carbonyl (C=O) groups excluding carboxylic acids is 2. The van der Waals surface area contributed by atoms with Gasteiger partial charge in [0.1, 0.15) is 6.10 Å². The lowest BCUT2D eigenvalue weighted by Gasteiger charge is -2.27. The van der Waals surface area contributed by atoms with Crippen LogP contribution in [0.25, 0.3) is 0 Å². The zero-order chi connectivity index (χ0) is 15.6. The number of halogens is 2. The Balaban J connectivity index is 1.61. The van der Waals surface area contributed by atoms with Crippen molar-refractivity contribution >= 4 is 45.1 Å². The number of benzene rings is 1. The van der Waals surface area contributed by atoms with Crippen LogP contribution in [0.4, 0.5) is 5.69 Å². The summed E-state index contributed by atoms with van der Waals surface area (Å²) in [5, 5.41) is 3.57. The largest absolute Gasteiger partial charge is 0.461 e. The summed E-state index contributed by atoms with van der Waals surface area (Å²) in [4.78, 5) is 24.9. The molecular weight excluding hydrogens is 370 g/mol. The zero-order valence-electron chi connectivity index (χ0n) is 11.9. The summed E-state index contributed by atoms with van der Waals surface area (Å²) < 4.78 is 5.44. The van der Waals surface area contributed by atoms with E-state index in [2.05, 4.69) is 21.2 Å². The molecule has 1 N–H and O–H groups in total. The highest BCUT2D eigenvalue weighted by Crippen LogP contribution is 2.60. The minimum Gasteiger partial charge on any atom is -0.461 e. The quantitative estimate of drug-likeness (QED) is 0.629. The molecule has 4 rings (SSSR count). The molecule has 2 saturated carbocycles. The van der Waals surface area contributed by atoms with Gasteiger partial charge in [0, 0.05) is 16.6 Å². The van der Waals surface area contributed by atoms with Crippen LogP contribution in [0.2, 0.25) is 5.02 Å². The van der Waals surface area contributed by atoms with Crippen LogP contribution >= 0.6 is 27.5 Å². The number of hydrogen-bond donors (Lipinski definition) is 1. The normalized spacial score (nSPS) is 38.2. The van der Waals surface area contributed by atoms with E-state index in [1.54, 1.807) is 12.1 Å². The third-order valence-corrected chi connectivity index (χ3v) is 6.96. The molecule has 1 aromatic carbocycles. The van der Waals surface area contributed by atoms with Crippen LogP contribution in [0.3, 0.4) is 0 Å². The SMILES string of the molecule is Cc1c(Cl)cccc1NC(=O)[C@H]1[C@@H]2C[C@H]3[C@H](OC(=O)[C@@H]31)[C@@H]2Br. The molecule has 3 fully saturated rings. The molecule has 0 unspecified atom stereocenters. The third-order valence-electron chi connectivity index (χ3n) is 5.35. The van der Waals surface area contributed by atoms with E-state index in [4.69, 9.17) is 16.3 Å². The van der Waals surface area contributed by atoms with Crippen molar-refractivity contribution in [2.75, 3.05) is 5.32 Å². The van der Waals surface area contributed by atoms with Gasteiger partial charge in [-0.2, -0.15) is 0 Å². The Morgan fingerprint density at radius 2 is 2.18 bits per heavy atom. The Kier molecular flexibility index (Phi) is 3.28. The second-order valence-corrected chi connectivity index (χ2v) is 7.83. The van der Waals surface area contributed by atoms with Gasteiger partial charge in [-0.05, 0) is 37.0 Å². The Hall–Kier alpha value is -1.07. The number of anilines is 1. The molecule has 0 spiro atoms. The fraction of sp³-hybridized carbons (Fsp3) is 0.500. The molecular formula is C16H15BrClNO3. The van der Waals surface area contributed by atoms with E-state index < -0.39 is 0 Å². The van der Waals surface area contributed by atoms with E-state index in [1.807, 2.05) is 13.0 Å². The summed E-state index contributed by atoms with van der Waals surface area (Å²) >= 11 is 9.71. The van der Waals surface area contributed by atoms with Gasteiger partial charge in [0.25, 0.3) is 0 Å². The Morgan fingerprint density at radius 1 is 1.41 bits per heavy atom. The lowest BCUT2D eigenvalue weighted by molar-refractivity contribution is -0.145. The Morgan fingerprint density at radius 3 is 2.95 bits per heavy atom. The second-order valence-electron chi connectivity index (χ2n) is 6.36. The Labute approximate surface area is 141 Å². The predicted octanol–water partition coefficient (Wildman–Crippen LogP) is 3.16. The lowest BCUT2D eigenvalue weighted by Crippen LogP contribution is -2.40. The number of carbonyl (C=O) groups is 2. The van der Waals surface area contributed by atoms with Crippen LogP contribution in [-0.2, 0) is 14.3 Å². The fourth-order valence-electron chi connectivity index (χ4n) is 4.29. The number of alkyl halides is 1. The smallest absolute Gasteiger partial charge is 0.310 e. The Bertz CT molecular complexity index is 679. The summed E-state index contributed by atoms with van der Waals surface area (Å²) in [6.45, 7) is 1.87. The van der Waals surface area contributed by atoms with E-state index in [0.29, 0.717) is 10.7 Å². The van der Waals surface area contributed by atoms with Crippen LogP contribution in [0, 0.1) is 30.6 Å². The molecule has 1 aromatic rings. The van der Waals surface area contributed by atoms with Crippen molar-refractivity contribution in [3.05, 3.63) is 28.8 Å². The van der Waals surface area contributed by atoms with Gasteiger partial charge in [-0.25, -0.2) is 0 Å². The first-order valence-electron chi connectivity index (χ1n) is 7.39. The molecule has 1 saturated heterocycles. The number of nitrogens with one attached hydrogen (secondary N) is 1. The van der Waals surface area contributed by atoms with Crippen molar-refractivity contribution in [1.82, 2.24) is 0 Å². The molecule has 3 aliphatic rings. The highest BCUT2D eigenvalue weighted by molar-refractivity contribution is 9.09. The summed E-state index contributed by atoms with van der Waals surface area (Å²) in [6.07, 6.45) is 0.823. The van der Waals surface area contributed by atoms with Gasteiger partial charge < -0.3 is 10.1 Å². The highest BCUT2D eigenvalue weighted by Gasteiger charge is 2.67. The summed E-state index contributed by atoms with van der Waals surface area (Å²) in [5.41, 5.74) is 1.54. The number of hydrogen-bond acceptors (Lipinski definition) is 3. The van der Waals surface area contributed by atoms with Crippen molar-refractivity contribution in [3.63, 3.8) is 0 Å². The fourth-order valence-corrected chi connectivity index (χ4v) is 5.51. The van der Waals surface area contributed by atoms with Gasteiger partial charge in [-0.15, -0.1) is 0 Å². The maximum absolute atomic E-state index is 12.8. The van der Waals surface area contributed by atoms with Crippen molar-refractivity contribution in [3.8, 4) is 0 Å². The molecule has 4 nitrogen and oxygen atoms in total. The van der Waals surface area contributed by atoms with Crippen LogP contribution < -0.4 is 5.32 Å². The summed E-state index contributed by atoms with van der Waals surface area (Å²) in [6, 6.07) is 5.42. The molecule has 2 aliphatic carbocycles. The molecule has 6 atom stereocenters. The molecule has 0 radical (unpaired) electrons. The van der Waals surface area contributed by atoms with Gasteiger partial charge in [-0.3, -0.25) is 9.59 Å². The summed E-state index contributed by atoms with van der Waals surface area (Å²) in [5.74, 6) is -0.599. The van der Waals surface area contributed by atoms with Crippen LogP contribution in [0.5, 0.6) is 0 Å². The molecule has 22 heavy (non-hydrogen) atoms. The predicted molar refractivity (Wildman–Crippen MR) is 86.0 cm³/mol. The zero-order valence-corrected chi connectivity index (χ0v) is 14.2. The average Bonchev–Trinajstić information content (AvgIpc) is 3.08. The van der Waals surface area contributed by atoms with Gasteiger partial charge in [0.15, 0.2) is 0 Å².